The van der Waals surface area contributed by atoms with Gasteiger partial charge >= 0.3 is 6.85 Å². The van der Waals surface area contributed by atoms with Crippen molar-refractivity contribution in [3.05, 3.63) is 114 Å². The first-order chi connectivity index (χ1) is 23.6. The van der Waals surface area contributed by atoms with Crippen LogP contribution in [0.5, 0.6) is 0 Å². The van der Waals surface area contributed by atoms with Crippen molar-refractivity contribution >= 4 is 94.2 Å². The molecular weight excluding hydrogens is 631 g/mol. The van der Waals surface area contributed by atoms with Crippen LogP contribution >= 0.6 is 23.1 Å². The Morgan fingerprint density at radius 2 is 1.37 bits per heavy atom. The van der Waals surface area contributed by atoms with E-state index in [4.69, 9.17) is 0 Å². The van der Waals surface area contributed by atoms with Gasteiger partial charge in [0.05, 0.1) is 16.7 Å². The Bertz CT molecular complexity index is 2790. The maximum absolute atomic E-state index is 2.71. The summed E-state index contributed by atoms with van der Waals surface area (Å²) >= 11 is 3.85. The third-order valence-corrected chi connectivity index (χ3v) is 13.5. The van der Waals surface area contributed by atoms with E-state index in [9.17, 15) is 0 Å². The zero-order valence-electron chi connectivity index (χ0n) is 28.6. The minimum absolute atomic E-state index is 0.00916. The molecule has 3 aliphatic heterocycles. The molecule has 0 unspecified atom stereocenters. The third kappa shape index (κ3) is 3.60. The summed E-state index contributed by atoms with van der Waals surface area (Å²) in [6.07, 6.45) is 0. The first-order valence-electron chi connectivity index (χ1n) is 17.4. The van der Waals surface area contributed by atoms with E-state index in [0.29, 0.717) is 0 Å². The van der Waals surface area contributed by atoms with Crippen LogP contribution in [-0.2, 0) is 10.8 Å². The number of aromatic nitrogens is 1. The van der Waals surface area contributed by atoms with Gasteiger partial charge in [-0.2, -0.15) is 0 Å². The highest BCUT2D eigenvalue weighted by Crippen LogP contribution is 2.57. The van der Waals surface area contributed by atoms with Gasteiger partial charge in [0.1, 0.15) is 0 Å². The lowest BCUT2D eigenvalue weighted by molar-refractivity contribution is 0.590. The number of thiophene rings is 1. The van der Waals surface area contributed by atoms with Crippen LogP contribution in [0.25, 0.3) is 58.8 Å². The summed E-state index contributed by atoms with van der Waals surface area (Å²) in [5.74, 6) is 0. The van der Waals surface area contributed by atoms with E-state index in [1.54, 1.807) is 0 Å². The predicted molar refractivity (Wildman–Crippen MR) is 214 cm³/mol. The Morgan fingerprint density at radius 1 is 0.612 bits per heavy atom. The molecule has 0 N–H and O–H groups in total. The summed E-state index contributed by atoms with van der Waals surface area (Å²) in [5.41, 5.74) is 15.0. The van der Waals surface area contributed by atoms with Crippen molar-refractivity contribution in [1.82, 2.24) is 4.57 Å². The molecule has 2 aromatic heterocycles. The standard InChI is InChI=1S/C44H35BN2S2/c1-43(2,3)24-18-19-31-28(20-24)29-21-25(44(4,5)6)22-30-41(29)46(31)33-23-37-38(26-12-7-9-15-34(26)48-37)39-27-13-11-17-36-42(27)47(45(30)40(33)39)32-14-8-10-16-35(32)49-36/h7-23H,1-6H3. The Kier molecular flexibility index (Phi) is 5.34. The number of para-hydroxylation sites is 2. The molecule has 2 nitrogen and oxygen atoms in total. The highest BCUT2D eigenvalue weighted by Gasteiger charge is 2.47. The van der Waals surface area contributed by atoms with Gasteiger partial charge in [-0.05, 0) is 87.0 Å². The molecule has 11 rings (SSSR count). The molecule has 0 atom stereocenters. The predicted octanol–water partition coefficient (Wildman–Crippen LogP) is 11.4. The van der Waals surface area contributed by atoms with Crippen molar-refractivity contribution in [1.29, 1.82) is 0 Å². The van der Waals surface area contributed by atoms with Crippen LogP contribution in [0.3, 0.4) is 0 Å². The van der Waals surface area contributed by atoms with Gasteiger partial charge in [-0.25, -0.2) is 0 Å². The first kappa shape index (κ1) is 28.4. The van der Waals surface area contributed by atoms with E-state index >= 15 is 0 Å². The molecule has 6 aromatic carbocycles. The molecule has 3 aliphatic rings. The van der Waals surface area contributed by atoms with Gasteiger partial charge in [0.25, 0.3) is 0 Å². The Labute approximate surface area is 295 Å². The molecule has 8 aromatic rings. The van der Waals surface area contributed by atoms with Gasteiger partial charge < -0.3 is 9.38 Å². The molecule has 0 amide bonds. The lowest BCUT2D eigenvalue weighted by Crippen LogP contribution is -2.61. The largest absolute Gasteiger partial charge is 0.374 e. The van der Waals surface area contributed by atoms with Crippen LogP contribution in [0.2, 0.25) is 0 Å². The topological polar surface area (TPSA) is 8.17 Å². The molecule has 0 radical (unpaired) electrons. The van der Waals surface area contributed by atoms with Gasteiger partial charge in [-0.1, -0.05) is 108 Å². The molecule has 0 aliphatic carbocycles. The fourth-order valence-electron chi connectivity index (χ4n) is 8.90. The van der Waals surface area contributed by atoms with Crippen LogP contribution in [0.1, 0.15) is 52.7 Å². The second-order valence-electron chi connectivity index (χ2n) is 16.2. The van der Waals surface area contributed by atoms with Gasteiger partial charge in [0.2, 0.25) is 0 Å². The highest BCUT2D eigenvalue weighted by molar-refractivity contribution is 7.99. The van der Waals surface area contributed by atoms with E-state index in [1.807, 2.05) is 23.1 Å². The smallest absolute Gasteiger partial charge is 0.333 e. The van der Waals surface area contributed by atoms with Gasteiger partial charge in [-0.15, -0.1) is 11.3 Å². The van der Waals surface area contributed by atoms with E-state index in [0.717, 1.165) is 0 Å². The Balaban J connectivity index is 1.40. The molecule has 49 heavy (non-hydrogen) atoms. The molecule has 0 saturated carbocycles. The van der Waals surface area contributed by atoms with E-state index in [1.165, 1.54) is 102 Å². The molecule has 0 bridgehead atoms. The monoisotopic (exact) mass is 666 g/mol. The van der Waals surface area contributed by atoms with Crippen molar-refractivity contribution in [3.63, 3.8) is 0 Å². The number of hydrogen-bond acceptors (Lipinski definition) is 3. The summed E-state index contributed by atoms with van der Waals surface area (Å²) in [7, 11) is 0. The third-order valence-electron chi connectivity index (χ3n) is 11.2. The molecular formula is C44H35BN2S2. The normalized spacial score (nSPS) is 14.6. The average molecular weight is 667 g/mol. The van der Waals surface area contributed by atoms with Crippen LogP contribution in [0, 0.1) is 0 Å². The van der Waals surface area contributed by atoms with Crippen molar-refractivity contribution in [3.8, 4) is 16.8 Å². The second kappa shape index (κ2) is 9.21. The zero-order valence-corrected chi connectivity index (χ0v) is 30.2. The van der Waals surface area contributed by atoms with Crippen LogP contribution < -0.4 is 15.7 Å². The van der Waals surface area contributed by atoms with E-state index < -0.39 is 0 Å². The minimum atomic E-state index is -0.00916. The number of fused-ring (bicyclic) bond motifs is 13. The summed E-state index contributed by atoms with van der Waals surface area (Å²) in [6.45, 7) is 14.1. The Hall–Kier alpha value is -4.45. The average Bonchev–Trinajstić information content (AvgIpc) is 3.62. The number of rotatable bonds is 0. The molecule has 236 valence electrons. The van der Waals surface area contributed by atoms with Crippen LogP contribution in [0.4, 0.5) is 11.4 Å². The number of anilines is 2. The summed E-state index contributed by atoms with van der Waals surface area (Å²) < 4.78 is 5.35. The maximum Gasteiger partial charge on any atom is 0.333 e. The summed E-state index contributed by atoms with van der Waals surface area (Å²) in [4.78, 5) is 5.37. The minimum Gasteiger partial charge on any atom is -0.374 e. The van der Waals surface area contributed by atoms with Gasteiger partial charge in [0.15, 0.2) is 0 Å². The van der Waals surface area contributed by atoms with Crippen LogP contribution in [0.15, 0.2) is 113 Å². The highest BCUT2D eigenvalue weighted by atomic mass is 32.2. The molecule has 0 fully saturated rings. The SMILES string of the molecule is CC(C)(C)c1ccc2c(c1)c1cc(C(C)(C)C)cc3c1n2-c1cc2sc4ccccc4c2c2c1B3N1c3ccccc3Sc3cccc-2c31. The summed E-state index contributed by atoms with van der Waals surface area (Å²) in [6, 6.07) is 39.9. The molecule has 0 saturated heterocycles. The molecule has 5 heterocycles. The maximum atomic E-state index is 2.71. The second-order valence-corrected chi connectivity index (χ2v) is 18.3. The first-order valence-corrected chi connectivity index (χ1v) is 19.0. The van der Waals surface area contributed by atoms with Crippen molar-refractivity contribution in [2.75, 3.05) is 4.81 Å². The van der Waals surface area contributed by atoms with Gasteiger partial charge in [-0.3, -0.25) is 0 Å². The van der Waals surface area contributed by atoms with Gasteiger partial charge in [0, 0.05) is 57.7 Å². The lowest BCUT2D eigenvalue weighted by atomic mass is 9.43. The fraction of sp³-hybridized carbons (Fsp3) is 0.182. The number of nitrogens with zero attached hydrogens (tertiary/aromatic N) is 2. The number of benzene rings is 6. The summed E-state index contributed by atoms with van der Waals surface area (Å²) in [5, 5.41) is 5.48. The van der Waals surface area contributed by atoms with E-state index in [-0.39, 0.29) is 17.7 Å². The Morgan fingerprint density at radius 3 is 2.20 bits per heavy atom. The molecule has 5 heteroatoms. The zero-order chi connectivity index (χ0) is 33.1. The fourth-order valence-corrected chi connectivity index (χ4v) is 11.1. The van der Waals surface area contributed by atoms with Crippen molar-refractivity contribution in [2.24, 2.45) is 0 Å². The van der Waals surface area contributed by atoms with Crippen molar-refractivity contribution in [2.45, 2.75) is 62.2 Å². The quantitative estimate of drug-likeness (QED) is 0.149. The number of hydrogen-bond donors (Lipinski definition) is 0. The van der Waals surface area contributed by atoms with Crippen molar-refractivity contribution < 1.29 is 0 Å². The van der Waals surface area contributed by atoms with E-state index in [2.05, 4.69) is 154 Å². The lowest BCUT2D eigenvalue weighted by Gasteiger charge is -2.45. The van der Waals surface area contributed by atoms with Crippen LogP contribution in [-0.4, -0.2) is 11.4 Å². The molecule has 0 spiro atoms.